The summed E-state index contributed by atoms with van der Waals surface area (Å²) in [5.74, 6) is 0. The minimum atomic E-state index is 0.224. The summed E-state index contributed by atoms with van der Waals surface area (Å²) in [7, 11) is 0. The fourth-order valence-electron chi connectivity index (χ4n) is 4.50. The lowest BCUT2D eigenvalue weighted by Gasteiger charge is -2.27. The number of pyridine rings is 1. The normalized spacial score (nSPS) is 19.1. The number of fused-ring (bicyclic) bond motifs is 1. The Morgan fingerprint density at radius 3 is 2.56 bits per heavy atom. The Labute approximate surface area is 196 Å². The summed E-state index contributed by atoms with van der Waals surface area (Å²) >= 11 is 3.64. The first-order valence-corrected chi connectivity index (χ1v) is 12.8. The summed E-state index contributed by atoms with van der Waals surface area (Å²) in [5, 5.41) is 1.25. The van der Waals surface area contributed by atoms with Crippen LogP contribution in [0.15, 0.2) is 84.0 Å². The topological polar surface area (TPSA) is 32.3 Å². The molecule has 0 spiro atoms. The predicted molar refractivity (Wildman–Crippen MR) is 136 cm³/mol. The minimum Gasteiger partial charge on any atom is -0.330 e. The molecule has 4 heterocycles. The van der Waals surface area contributed by atoms with E-state index in [9.17, 15) is 0 Å². The Morgan fingerprint density at radius 1 is 0.906 bits per heavy atom. The third-order valence-electron chi connectivity index (χ3n) is 6.04. The van der Waals surface area contributed by atoms with Gasteiger partial charge < -0.3 is 4.90 Å². The van der Waals surface area contributed by atoms with Crippen LogP contribution in [0.2, 0.25) is 0 Å². The molecule has 2 aromatic carbocycles. The molecule has 32 heavy (non-hydrogen) atoms. The third-order valence-corrected chi connectivity index (χ3v) is 8.31. The number of thioether (sulfide) groups is 1. The van der Waals surface area contributed by atoms with Crippen LogP contribution in [-0.2, 0) is 0 Å². The van der Waals surface area contributed by atoms with Gasteiger partial charge in [0.15, 0.2) is 0 Å². The molecule has 1 fully saturated rings. The van der Waals surface area contributed by atoms with E-state index >= 15 is 0 Å². The molecule has 0 aliphatic carbocycles. The van der Waals surface area contributed by atoms with Crippen molar-refractivity contribution in [3.8, 4) is 10.6 Å². The van der Waals surface area contributed by atoms with Crippen molar-refractivity contribution < 1.29 is 0 Å². The first-order valence-electron chi connectivity index (χ1n) is 11.1. The molecule has 0 saturated carbocycles. The molecule has 6 rings (SSSR count). The van der Waals surface area contributed by atoms with E-state index in [1.165, 1.54) is 42.1 Å². The Bertz CT molecular complexity index is 1230. The van der Waals surface area contributed by atoms with E-state index < -0.39 is 0 Å². The molecule has 0 amide bonds. The van der Waals surface area contributed by atoms with Gasteiger partial charge in [0, 0.05) is 29.4 Å². The second kappa shape index (κ2) is 8.70. The van der Waals surface area contributed by atoms with Gasteiger partial charge in [-0.25, -0.2) is 9.97 Å². The molecular weight excluding hydrogens is 432 g/mol. The number of thiazole rings is 1. The van der Waals surface area contributed by atoms with Crippen molar-refractivity contribution in [2.45, 2.75) is 18.2 Å². The fourth-order valence-corrected chi connectivity index (χ4v) is 6.74. The average Bonchev–Trinajstić information content (AvgIpc) is 3.59. The van der Waals surface area contributed by atoms with Gasteiger partial charge in [-0.05, 0) is 55.8 Å². The molecule has 0 N–H and O–H groups in total. The van der Waals surface area contributed by atoms with Gasteiger partial charge in [0.05, 0.1) is 5.69 Å². The van der Waals surface area contributed by atoms with Crippen molar-refractivity contribution in [3.63, 3.8) is 0 Å². The van der Waals surface area contributed by atoms with Crippen LogP contribution in [0.4, 0.5) is 5.69 Å². The van der Waals surface area contributed by atoms with E-state index in [4.69, 9.17) is 4.98 Å². The predicted octanol–water partition coefficient (Wildman–Crippen LogP) is 6.55. The van der Waals surface area contributed by atoms with E-state index in [-0.39, 0.29) is 5.37 Å². The van der Waals surface area contributed by atoms with Crippen LogP contribution in [0.25, 0.3) is 20.9 Å². The molecule has 1 saturated heterocycles. The Kier molecular flexibility index (Phi) is 5.43. The Balaban J connectivity index is 1.42. The van der Waals surface area contributed by atoms with Gasteiger partial charge in [-0.3, -0.25) is 4.90 Å². The average molecular weight is 457 g/mol. The van der Waals surface area contributed by atoms with Crippen LogP contribution in [0, 0.1) is 0 Å². The standard InChI is InChI=1S/C26H24N4S2/c1-2-9-19(10-3-1)26-30(18-20(31-26)17-29-15-6-7-16-29)23-13-5-4-11-21(23)24-28-22-12-8-14-27-25(22)32-24/h1-5,8-14,18,26H,6-7,15-17H2. The molecule has 2 aromatic heterocycles. The lowest BCUT2D eigenvalue weighted by molar-refractivity contribution is 0.375. The molecule has 0 radical (unpaired) electrons. The highest BCUT2D eigenvalue weighted by Crippen LogP contribution is 2.49. The largest absolute Gasteiger partial charge is 0.330 e. The summed E-state index contributed by atoms with van der Waals surface area (Å²) in [6.45, 7) is 3.46. The Hall–Kier alpha value is -2.67. The smallest absolute Gasteiger partial charge is 0.143 e. The highest BCUT2D eigenvalue weighted by atomic mass is 32.2. The first-order chi connectivity index (χ1) is 15.8. The van der Waals surface area contributed by atoms with E-state index in [1.807, 2.05) is 30.1 Å². The zero-order valence-corrected chi connectivity index (χ0v) is 19.4. The monoisotopic (exact) mass is 456 g/mol. The van der Waals surface area contributed by atoms with Crippen LogP contribution in [-0.4, -0.2) is 34.5 Å². The maximum absolute atomic E-state index is 4.91. The number of hydrogen-bond acceptors (Lipinski definition) is 6. The molecule has 160 valence electrons. The maximum atomic E-state index is 4.91. The van der Waals surface area contributed by atoms with E-state index in [2.05, 4.69) is 75.6 Å². The quantitative estimate of drug-likeness (QED) is 0.340. The first kappa shape index (κ1) is 20.0. The molecule has 1 atom stereocenters. The number of anilines is 1. The molecule has 4 nitrogen and oxygen atoms in total. The van der Waals surface area contributed by atoms with Gasteiger partial charge in [-0.2, -0.15) is 0 Å². The number of aromatic nitrogens is 2. The van der Waals surface area contributed by atoms with Crippen molar-refractivity contribution in [1.82, 2.24) is 14.9 Å². The van der Waals surface area contributed by atoms with Gasteiger partial charge in [-0.15, -0.1) is 0 Å². The lowest BCUT2D eigenvalue weighted by Crippen LogP contribution is -2.20. The molecular formula is C26H24N4S2. The molecule has 2 aliphatic rings. The maximum Gasteiger partial charge on any atom is 0.143 e. The fraction of sp³-hybridized carbons (Fsp3) is 0.231. The lowest BCUT2D eigenvalue weighted by atomic mass is 10.1. The van der Waals surface area contributed by atoms with Crippen molar-refractivity contribution in [2.75, 3.05) is 24.5 Å². The number of rotatable bonds is 5. The molecule has 1 unspecified atom stereocenters. The SMILES string of the molecule is C1=C(CN2CCCC2)SC(c2ccccc2)N1c1ccccc1-c1nc2cccnc2s1. The molecule has 2 aliphatic heterocycles. The van der Waals surface area contributed by atoms with Crippen molar-refractivity contribution in [1.29, 1.82) is 0 Å². The van der Waals surface area contributed by atoms with Crippen LogP contribution in [0.3, 0.4) is 0 Å². The summed E-state index contributed by atoms with van der Waals surface area (Å²) in [4.78, 5) is 16.9. The minimum absolute atomic E-state index is 0.224. The Morgan fingerprint density at radius 2 is 1.72 bits per heavy atom. The second-order valence-corrected chi connectivity index (χ2v) is 10.4. The molecule has 6 heteroatoms. The summed E-state index contributed by atoms with van der Waals surface area (Å²) < 4.78 is 0. The van der Waals surface area contributed by atoms with Crippen molar-refractivity contribution >= 4 is 39.1 Å². The van der Waals surface area contributed by atoms with Crippen molar-refractivity contribution in [2.24, 2.45) is 0 Å². The molecule has 0 bridgehead atoms. The second-order valence-electron chi connectivity index (χ2n) is 8.23. The van der Waals surface area contributed by atoms with Gasteiger partial charge in [0.2, 0.25) is 0 Å². The van der Waals surface area contributed by atoms with Crippen LogP contribution < -0.4 is 4.90 Å². The van der Waals surface area contributed by atoms with Gasteiger partial charge >= 0.3 is 0 Å². The van der Waals surface area contributed by atoms with Crippen LogP contribution in [0.1, 0.15) is 23.8 Å². The van der Waals surface area contributed by atoms with E-state index in [1.54, 1.807) is 11.3 Å². The van der Waals surface area contributed by atoms with Gasteiger partial charge in [0.1, 0.15) is 20.7 Å². The highest BCUT2D eigenvalue weighted by molar-refractivity contribution is 8.03. The van der Waals surface area contributed by atoms with Gasteiger partial charge in [-0.1, -0.05) is 65.6 Å². The van der Waals surface area contributed by atoms with Crippen LogP contribution >= 0.6 is 23.1 Å². The summed E-state index contributed by atoms with van der Waals surface area (Å²) in [5.41, 5.74) is 4.65. The molecule has 4 aromatic rings. The highest BCUT2D eigenvalue weighted by Gasteiger charge is 2.31. The van der Waals surface area contributed by atoms with E-state index in [0.29, 0.717) is 0 Å². The number of likely N-dealkylation sites (tertiary alicyclic amines) is 1. The van der Waals surface area contributed by atoms with Gasteiger partial charge in [0.25, 0.3) is 0 Å². The summed E-state index contributed by atoms with van der Waals surface area (Å²) in [6.07, 6.45) is 6.84. The summed E-state index contributed by atoms with van der Waals surface area (Å²) in [6, 6.07) is 23.5. The zero-order valence-electron chi connectivity index (χ0n) is 17.7. The number of nitrogens with zero attached hydrogens (tertiary/aromatic N) is 4. The number of hydrogen-bond donors (Lipinski definition) is 0. The zero-order chi connectivity index (χ0) is 21.3. The number of benzene rings is 2. The van der Waals surface area contributed by atoms with Crippen LogP contribution in [0.5, 0.6) is 0 Å². The van der Waals surface area contributed by atoms with E-state index in [0.717, 1.165) is 27.5 Å². The third kappa shape index (κ3) is 3.83. The van der Waals surface area contributed by atoms with Crippen molar-refractivity contribution in [3.05, 3.63) is 89.6 Å². The number of para-hydroxylation sites is 1.